The zero-order chi connectivity index (χ0) is 11.9. The van der Waals surface area contributed by atoms with E-state index in [1.54, 1.807) is 0 Å². The van der Waals surface area contributed by atoms with Crippen LogP contribution >= 0.6 is 0 Å². The van der Waals surface area contributed by atoms with Crippen LogP contribution in [0.25, 0.3) is 0 Å². The van der Waals surface area contributed by atoms with Gasteiger partial charge in [-0.15, -0.1) is 0 Å². The Morgan fingerprint density at radius 2 is 1.87 bits per heavy atom. The average Bonchev–Trinajstić information content (AvgIpc) is 2.14. The van der Waals surface area contributed by atoms with Crippen LogP contribution in [-0.4, -0.2) is 51.4 Å². The van der Waals surface area contributed by atoms with Crippen molar-refractivity contribution in [2.24, 2.45) is 0 Å². The lowest BCUT2D eigenvalue weighted by Crippen LogP contribution is -2.41. The predicted molar refractivity (Wildman–Crippen MR) is 51.9 cm³/mol. The molecule has 0 aliphatic heterocycles. The zero-order valence-electron chi connectivity index (χ0n) is 8.11. The normalized spacial score (nSPS) is 10.7. The third-order valence-corrected chi connectivity index (χ3v) is 2.73. The Hall–Kier alpha value is -1.35. The average molecular weight is 239 g/mol. The second-order valence-corrected chi connectivity index (χ2v) is 4.57. The van der Waals surface area contributed by atoms with E-state index in [2.05, 4.69) is 10.0 Å². The lowest BCUT2D eigenvalue weighted by molar-refractivity contribution is -0.135. The fourth-order valence-electron chi connectivity index (χ4n) is 0.619. The van der Waals surface area contributed by atoms with E-state index in [-0.39, 0.29) is 12.3 Å². The van der Waals surface area contributed by atoms with Crippen LogP contribution in [0.5, 0.6) is 0 Å². The minimum atomic E-state index is -3.36. The minimum Gasteiger partial charge on any atom is -0.480 e. The number of nitrogens with one attached hydrogen (secondary N) is 3. The molecule has 4 N–H and O–H groups in total. The van der Waals surface area contributed by atoms with Crippen molar-refractivity contribution in [1.82, 2.24) is 15.4 Å². The molecule has 0 saturated heterocycles. The van der Waals surface area contributed by atoms with Gasteiger partial charge in [-0.05, 0) is 7.05 Å². The largest absolute Gasteiger partial charge is 0.480 e. The molecule has 0 aromatic carbocycles. The molecule has 15 heavy (non-hydrogen) atoms. The van der Waals surface area contributed by atoms with E-state index >= 15 is 0 Å². The molecule has 0 fully saturated rings. The molecule has 0 unspecified atom stereocenters. The van der Waals surface area contributed by atoms with Crippen molar-refractivity contribution >= 4 is 22.0 Å². The number of carbonyl (C=O) groups is 2. The summed E-state index contributed by atoms with van der Waals surface area (Å²) < 4.78 is 23.8. The molecule has 0 aromatic rings. The van der Waals surface area contributed by atoms with Crippen LogP contribution in [0.3, 0.4) is 0 Å². The van der Waals surface area contributed by atoms with E-state index in [1.165, 1.54) is 7.05 Å². The van der Waals surface area contributed by atoms with Crippen LogP contribution in [0.4, 0.5) is 4.79 Å². The zero-order valence-corrected chi connectivity index (χ0v) is 8.93. The van der Waals surface area contributed by atoms with Gasteiger partial charge in [0.1, 0.15) is 6.54 Å². The van der Waals surface area contributed by atoms with Crippen LogP contribution in [0.15, 0.2) is 0 Å². The Balaban J connectivity index is 3.69. The van der Waals surface area contributed by atoms with Gasteiger partial charge in [-0.1, -0.05) is 0 Å². The number of aliphatic carboxylic acids is 1. The molecule has 0 atom stereocenters. The molecule has 0 rings (SSSR count). The van der Waals surface area contributed by atoms with Crippen molar-refractivity contribution in [2.75, 3.05) is 25.9 Å². The van der Waals surface area contributed by atoms with Crippen molar-refractivity contribution in [1.29, 1.82) is 0 Å². The maximum atomic E-state index is 10.9. The molecule has 0 aliphatic carbocycles. The quantitative estimate of drug-likeness (QED) is 0.423. The lowest BCUT2D eigenvalue weighted by Gasteiger charge is -2.05. The first-order chi connectivity index (χ1) is 6.87. The summed E-state index contributed by atoms with van der Waals surface area (Å²) in [5, 5.41) is 12.4. The van der Waals surface area contributed by atoms with Gasteiger partial charge in [-0.2, -0.15) is 0 Å². The Bertz CT molecular complexity index is 326. The van der Waals surface area contributed by atoms with Crippen molar-refractivity contribution in [3.63, 3.8) is 0 Å². The van der Waals surface area contributed by atoms with Crippen molar-refractivity contribution in [2.45, 2.75) is 0 Å². The molecule has 0 aromatic heterocycles. The van der Waals surface area contributed by atoms with Gasteiger partial charge in [0.2, 0.25) is 10.0 Å². The highest BCUT2D eigenvalue weighted by Gasteiger charge is 2.08. The van der Waals surface area contributed by atoms with Gasteiger partial charge in [-0.25, -0.2) is 17.9 Å². The monoisotopic (exact) mass is 239 g/mol. The summed E-state index contributed by atoms with van der Waals surface area (Å²) in [4.78, 5) is 20.9. The second kappa shape index (κ2) is 6.19. The first-order valence-corrected chi connectivity index (χ1v) is 5.67. The van der Waals surface area contributed by atoms with Crippen molar-refractivity contribution in [3.05, 3.63) is 0 Å². The highest BCUT2D eigenvalue weighted by atomic mass is 32.2. The molecule has 0 bridgehead atoms. The summed E-state index contributed by atoms with van der Waals surface area (Å²) in [5.74, 6) is -1.43. The van der Waals surface area contributed by atoms with Gasteiger partial charge in [0, 0.05) is 6.54 Å². The third kappa shape index (κ3) is 7.70. The Morgan fingerprint density at radius 3 is 2.33 bits per heavy atom. The first kappa shape index (κ1) is 13.7. The second-order valence-electron chi connectivity index (χ2n) is 2.53. The van der Waals surface area contributed by atoms with Crippen LogP contribution in [0.2, 0.25) is 0 Å². The summed E-state index contributed by atoms with van der Waals surface area (Å²) in [6.45, 7) is -0.598. The Morgan fingerprint density at radius 1 is 1.27 bits per heavy atom. The molecular weight excluding hydrogens is 226 g/mol. The Labute approximate surface area is 87.1 Å². The molecule has 2 amide bonds. The highest BCUT2D eigenvalue weighted by molar-refractivity contribution is 7.89. The molecule has 8 nitrogen and oxygen atoms in total. The number of urea groups is 1. The summed E-state index contributed by atoms with van der Waals surface area (Å²) in [7, 11) is -2.09. The number of carboxylic acid groups (broad SMARTS) is 1. The topological polar surface area (TPSA) is 125 Å². The third-order valence-electron chi connectivity index (χ3n) is 1.37. The maximum Gasteiger partial charge on any atom is 0.323 e. The molecule has 0 saturated carbocycles. The van der Waals surface area contributed by atoms with Crippen LogP contribution in [0.1, 0.15) is 0 Å². The number of sulfonamides is 1. The Kier molecular flexibility index (Phi) is 5.64. The summed E-state index contributed by atoms with van der Waals surface area (Å²) >= 11 is 0. The summed E-state index contributed by atoms with van der Waals surface area (Å²) in [6, 6.07) is -0.719. The molecule has 9 heteroatoms. The van der Waals surface area contributed by atoms with Crippen LogP contribution < -0.4 is 15.4 Å². The number of rotatable bonds is 6. The van der Waals surface area contributed by atoms with E-state index in [4.69, 9.17) is 5.11 Å². The summed E-state index contributed by atoms with van der Waals surface area (Å²) in [5.41, 5.74) is 0. The van der Waals surface area contributed by atoms with E-state index < -0.39 is 28.6 Å². The van der Waals surface area contributed by atoms with Gasteiger partial charge < -0.3 is 15.7 Å². The van der Waals surface area contributed by atoms with Gasteiger partial charge in [-0.3, -0.25) is 4.79 Å². The molecule has 0 heterocycles. The maximum absolute atomic E-state index is 10.9. The van der Waals surface area contributed by atoms with E-state index in [0.29, 0.717) is 0 Å². The van der Waals surface area contributed by atoms with Gasteiger partial charge >= 0.3 is 12.0 Å². The van der Waals surface area contributed by atoms with Crippen LogP contribution in [0, 0.1) is 0 Å². The van der Waals surface area contributed by atoms with E-state index in [9.17, 15) is 18.0 Å². The molecule has 0 radical (unpaired) electrons. The lowest BCUT2D eigenvalue weighted by atomic mass is 10.6. The summed E-state index contributed by atoms with van der Waals surface area (Å²) in [6.07, 6.45) is 0. The molecule has 0 spiro atoms. The molecular formula is C6H13N3O5S. The number of carbonyl (C=O) groups excluding carboxylic acids is 1. The highest BCUT2D eigenvalue weighted by Crippen LogP contribution is 1.79. The molecule has 0 aliphatic rings. The number of carboxylic acids is 1. The van der Waals surface area contributed by atoms with Crippen molar-refractivity contribution < 1.29 is 23.1 Å². The fourth-order valence-corrected chi connectivity index (χ4v) is 1.19. The number of hydrogen-bond donors (Lipinski definition) is 4. The number of amides is 2. The number of hydrogen-bond acceptors (Lipinski definition) is 4. The standard InChI is InChI=1S/C6H13N3O5S/c1-7-15(13,14)3-2-8-6(12)9-4-5(10)11/h7H,2-4H2,1H3,(H,10,11)(H2,8,9,12). The smallest absolute Gasteiger partial charge is 0.323 e. The van der Waals surface area contributed by atoms with Crippen molar-refractivity contribution in [3.8, 4) is 0 Å². The SMILES string of the molecule is CNS(=O)(=O)CCNC(=O)NCC(=O)O. The van der Waals surface area contributed by atoms with Gasteiger partial charge in [0.15, 0.2) is 0 Å². The van der Waals surface area contributed by atoms with Gasteiger partial charge in [0.05, 0.1) is 5.75 Å². The van der Waals surface area contributed by atoms with E-state index in [0.717, 1.165) is 0 Å². The van der Waals surface area contributed by atoms with E-state index in [1.807, 2.05) is 5.32 Å². The molecule has 88 valence electrons. The van der Waals surface area contributed by atoms with Crippen LogP contribution in [-0.2, 0) is 14.8 Å². The predicted octanol–water partition coefficient (Wildman–Crippen LogP) is -2.08. The van der Waals surface area contributed by atoms with Gasteiger partial charge in [0.25, 0.3) is 0 Å². The minimum absolute atomic E-state index is 0.0887. The first-order valence-electron chi connectivity index (χ1n) is 4.02. The fraction of sp³-hybridized carbons (Fsp3) is 0.667.